The second kappa shape index (κ2) is 3.32. The third-order valence-electron chi connectivity index (χ3n) is 1.58. The number of piperidine rings is 1. The molecule has 1 fully saturated rings. The molecule has 0 bridgehead atoms. The predicted octanol–water partition coefficient (Wildman–Crippen LogP) is 0.906. The van der Waals surface area contributed by atoms with Crippen molar-refractivity contribution in [3.8, 4) is 0 Å². The normalized spacial score (nSPS) is 36.1. The zero-order valence-electron chi connectivity index (χ0n) is 5.14. The van der Waals surface area contributed by atoms with E-state index in [2.05, 4.69) is 21.2 Å². The zero-order valence-corrected chi connectivity index (χ0v) is 6.73. The third kappa shape index (κ3) is 2.06. The van der Waals surface area contributed by atoms with E-state index in [4.69, 9.17) is 0 Å². The van der Waals surface area contributed by atoms with Crippen LogP contribution >= 0.6 is 15.9 Å². The molecule has 1 saturated heterocycles. The molecule has 9 heavy (non-hydrogen) atoms. The van der Waals surface area contributed by atoms with E-state index in [9.17, 15) is 4.79 Å². The molecule has 0 radical (unpaired) electrons. The van der Waals surface area contributed by atoms with Gasteiger partial charge in [-0.05, 0) is 19.4 Å². The lowest BCUT2D eigenvalue weighted by Gasteiger charge is -2.22. The van der Waals surface area contributed by atoms with E-state index in [0.717, 1.165) is 25.7 Å². The molecule has 0 amide bonds. The van der Waals surface area contributed by atoms with Crippen molar-refractivity contribution in [2.75, 3.05) is 6.54 Å². The lowest BCUT2D eigenvalue weighted by molar-refractivity contribution is -0.111. The van der Waals surface area contributed by atoms with Crippen molar-refractivity contribution < 1.29 is 4.79 Å². The van der Waals surface area contributed by atoms with Crippen molar-refractivity contribution in [2.45, 2.75) is 17.8 Å². The van der Waals surface area contributed by atoms with Gasteiger partial charge in [0.05, 0.1) is 4.95 Å². The van der Waals surface area contributed by atoms with E-state index in [1.165, 1.54) is 0 Å². The van der Waals surface area contributed by atoms with Crippen LogP contribution in [0, 0.1) is 5.92 Å². The Kier molecular flexibility index (Phi) is 2.66. The molecular weight excluding hydrogens is 182 g/mol. The van der Waals surface area contributed by atoms with Gasteiger partial charge in [-0.2, -0.15) is 0 Å². The van der Waals surface area contributed by atoms with Gasteiger partial charge in [-0.25, -0.2) is 0 Å². The Morgan fingerprint density at radius 3 is 2.89 bits per heavy atom. The Morgan fingerprint density at radius 2 is 2.44 bits per heavy atom. The summed E-state index contributed by atoms with van der Waals surface area (Å²) in [6.07, 6.45) is 2.98. The van der Waals surface area contributed by atoms with Crippen LogP contribution in [0.5, 0.6) is 0 Å². The minimum absolute atomic E-state index is 0.274. The minimum atomic E-state index is 0.274. The zero-order chi connectivity index (χ0) is 6.69. The van der Waals surface area contributed by atoms with E-state index >= 15 is 0 Å². The molecule has 1 rings (SSSR count). The SMILES string of the molecule is O=C[C@H]1CCN[C@@H](Br)C1. The van der Waals surface area contributed by atoms with Gasteiger partial charge in [0.25, 0.3) is 0 Å². The number of alkyl halides is 1. The van der Waals surface area contributed by atoms with Crippen LogP contribution in [-0.2, 0) is 4.79 Å². The number of hydrogen-bond donors (Lipinski definition) is 1. The fourth-order valence-corrected chi connectivity index (χ4v) is 1.73. The van der Waals surface area contributed by atoms with Crippen molar-refractivity contribution in [1.82, 2.24) is 5.32 Å². The molecule has 0 unspecified atom stereocenters. The summed E-state index contributed by atoms with van der Waals surface area (Å²) >= 11 is 3.40. The molecule has 0 aliphatic carbocycles. The molecule has 0 aromatic carbocycles. The summed E-state index contributed by atoms with van der Waals surface area (Å²) in [5, 5.41) is 3.20. The van der Waals surface area contributed by atoms with E-state index in [1.54, 1.807) is 0 Å². The van der Waals surface area contributed by atoms with Crippen LogP contribution in [0.2, 0.25) is 0 Å². The molecule has 1 heterocycles. The van der Waals surface area contributed by atoms with Gasteiger partial charge in [0.1, 0.15) is 6.29 Å². The molecule has 1 N–H and O–H groups in total. The second-order valence-corrected chi connectivity index (χ2v) is 3.45. The summed E-state index contributed by atoms with van der Waals surface area (Å²) in [5.41, 5.74) is 0. The maximum Gasteiger partial charge on any atom is 0.123 e. The van der Waals surface area contributed by atoms with Crippen LogP contribution in [0.4, 0.5) is 0 Å². The summed E-state index contributed by atoms with van der Waals surface area (Å²) in [6.45, 7) is 0.958. The first-order valence-corrected chi connectivity index (χ1v) is 4.07. The summed E-state index contributed by atoms with van der Waals surface area (Å²) in [7, 11) is 0. The Morgan fingerprint density at radius 1 is 1.67 bits per heavy atom. The van der Waals surface area contributed by atoms with Crippen molar-refractivity contribution in [2.24, 2.45) is 5.92 Å². The molecular formula is C6H10BrNO. The molecule has 3 heteroatoms. The molecule has 52 valence electrons. The summed E-state index contributed by atoms with van der Waals surface area (Å²) < 4.78 is 0. The van der Waals surface area contributed by atoms with Crippen LogP contribution < -0.4 is 5.32 Å². The minimum Gasteiger partial charge on any atom is -0.305 e. The lowest BCUT2D eigenvalue weighted by Crippen LogP contribution is -2.34. The summed E-state index contributed by atoms with van der Waals surface area (Å²) in [5.74, 6) is 0.274. The Labute approximate surface area is 63.1 Å². The maximum atomic E-state index is 10.3. The maximum absolute atomic E-state index is 10.3. The van der Waals surface area contributed by atoms with Crippen LogP contribution in [0.3, 0.4) is 0 Å². The number of carbonyl (C=O) groups is 1. The monoisotopic (exact) mass is 191 g/mol. The van der Waals surface area contributed by atoms with Gasteiger partial charge < -0.3 is 10.1 Å². The van der Waals surface area contributed by atoms with Crippen LogP contribution in [0.15, 0.2) is 0 Å². The number of carbonyl (C=O) groups excluding carboxylic acids is 1. The number of nitrogens with one attached hydrogen (secondary N) is 1. The number of hydrogen-bond acceptors (Lipinski definition) is 2. The Balaban J connectivity index is 2.31. The second-order valence-electron chi connectivity index (χ2n) is 2.34. The van der Waals surface area contributed by atoms with E-state index in [0.29, 0.717) is 4.95 Å². The molecule has 0 aromatic heterocycles. The van der Waals surface area contributed by atoms with Gasteiger partial charge >= 0.3 is 0 Å². The van der Waals surface area contributed by atoms with Gasteiger partial charge in [0.2, 0.25) is 0 Å². The standard InChI is InChI=1S/C6H10BrNO/c7-6-3-5(4-9)1-2-8-6/h4-6,8H,1-3H2/t5-,6+/m0/s1. The fourth-order valence-electron chi connectivity index (χ4n) is 1.02. The van der Waals surface area contributed by atoms with Gasteiger partial charge in [-0.1, -0.05) is 15.9 Å². The molecule has 0 spiro atoms. The predicted molar refractivity (Wildman–Crippen MR) is 39.5 cm³/mol. The summed E-state index contributed by atoms with van der Waals surface area (Å²) in [4.78, 5) is 10.6. The van der Waals surface area contributed by atoms with E-state index in [1.807, 2.05) is 0 Å². The highest BCUT2D eigenvalue weighted by Crippen LogP contribution is 2.16. The number of aldehydes is 1. The molecule has 0 saturated carbocycles. The fraction of sp³-hybridized carbons (Fsp3) is 0.833. The average Bonchev–Trinajstić information content (AvgIpc) is 1.88. The molecule has 1 aliphatic rings. The summed E-state index contributed by atoms with van der Waals surface area (Å²) in [6, 6.07) is 0. The molecule has 2 atom stereocenters. The van der Waals surface area contributed by atoms with Crippen molar-refractivity contribution in [3.05, 3.63) is 0 Å². The van der Waals surface area contributed by atoms with Gasteiger partial charge in [-0.3, -0.25) is 0 Å². The first kappa shape index (κ1) is 7.22. The Hall–Kier alpha value is 0.110. The van der Waals surface area contributed by atoms with Crippen molar-refractivity contribution in [1.29, 1.82) is 0 Å². The number of halogens is 1. The van der Waals surface area contributed by atoms with Crippen molar-refractivity contribution in [3.63, 3.8) is 0 Å². The van der Waals surface area contributed by atoms with Gasteiger partial charge in [0.15, 0.2) is 0 Å². The first-order chi connectivity index (χ1) is 4.33. The highest BCUT2D eigenvalue weighted by molar-refractivity contribution is 9.09. The number of rotatable bonds is 1. The van der Waals surface area contributed by atoms with E-state index in [-0.39, 0.29) is 5.92 Å². The van der Waals surface area contributed by atoms with Crippen LogP contribution in [-0.4, -0.2) is 17.8 Å². The Bertz CT molecular complexity index is 107. The largest absolute Gasteiger partial charge is 0.305 e. The lowest BCUT2D eigenvalue weighted by atomic mass is 10.0. The van der Waals surface area contributed by atoms with Crippen LogP contribution in [0.1, 0.15) is 12.8 Å². The van der Waals surface area contributed by atoms with Crippen LogP contribution in [0.25, 0.3) is 0 Å². The molecule has 1 aliphatic heterocycles. The first-order valence-electron chi connectivity index (χ1n) is 3.15. The smallest absolute Gasteiger partial charge is 0.123 e. The van der Waals surface area contributed by atoms with E-state index < -0.39 is 0 Å². The highest BCUT2D eigenvalue weighted by Gasteiger charge is 2.17. The quantitative estimate of drug-likeness (QED) is 0.380. The topological polar surface area (TPSA) is 29.1 Å². The molecule has 2 nitrogen and oxygen atoms in total. The van der Waals surface area contributed by atoms with Gasteiger partial charge in [0, 0.05) is 5.92 Å². The van der Waals surface area contributed by atoms with Crippen molar-refractivity contribution >= 4 is 22.2 Å². The highest BCUT2D eigenvalue weighted by atomic mass is 79.9. The third-order valence-corrected chi connectivity index (χ3v) is 2.28. The molecule has 0 aromatic rings. The van der Waals surface area contributed by atoms with Gasteiger partial charge in [-0.15, -0.1) is 0 Å². The average molecular weight is 192 g/mol.